The van der Waals surface area contributed by atoms with Crippen LogP contribution in [-0.4, -0.2) is 47.6 Å². The van der Waals surface area contributed by atoms with Gasteiger partial charge in [0.15, 0.2) is 0 Å². The quantitative estimate of drug-likeness (QED) is 0.0480. The summed E-state index contributed by atoms with van der Waals surface area (Å²) in [5, 5.41) is 1.37. The van der Waals surface area contributed by atoms with E-state index in [-0.39, 0.29) is 12.5 Å². The minimum absolute atomic E-state index is 0.122. The molecule has 0 saturated heterocycles. The molecule has 0 radical (unpaired) electrons. The summed E-state index contributed by atoms with van der Waals surface area (Å²) in [6, 6.07) is 46.4. The number of thioether (sulfide) groups is 1. The Hall–Kier alpha value is -4.98. The number of nitrogens with zero attached hydrogens (tertiary/aromatic N) is 1. The zero-order valence-corrected chi connectivity index (χ0v) is 29.9. The number of rotatable bonds is 16. The number of hydrazine groups is 1. The number of amides is 1. The largest absolute Gasteiger partial charge is 0.447 e. The Morgan fingerprint density at radius 2 is 1.20 bits per heavy atom. The van der Waals surface area contributed by atoms with Crippen molar-refractivity contribution in [1.82, 2.24) is 10.4 Å². The Kier molecular flexibility index (Phi) is 11.5. The second-order valence-electron chi connectivity index (χ2n) is 13.3. The normalized spacial score (nSPS) is 13.1. The van der Waals surface area contributed by atoms with Crippen molar-refractivity contribution in [2.24, 2.45) is 0 Å². The fourth-order valence-electron chi connectivity index (χ4n) is 7.18. The maximum Gasteiger partial charge on any atom is 0.425 e. The van der Waals surface area contributed by atoms with Crippen LogP contribution in [-0.2, 0) is 19.1 Å². The zero-order valence-electron chi connectivity index (χ0n) is 29.1. The van der Waals surface area contributed by atoms with Gasteiger partial charge in [-0.25, -0.2) is 15.2 Å². The van der Waals surface area contributed by atoms with Crippen LogP contribution in [0.1, 0.15) is 66.8 Å². The number of ether oxygens (including phenoxy) is 1. The summed E-state index contributed by atoms with van der Waals surface area (Å²) in [4.78, 5) is 38.7. The summed E-state index contributed by atoms with van der Waals surface area (Å²) >= 11 is 1.64. The summed E-state index contributed by atoms with van der Waals surface area (Å²) in [5.74, 6) is -0.130. The van der Waals surface area contributed by atoms with E-state index in [0.29, 0.717) is 25.8 Å². The summed E-state index contributed by atoms with van der Waals surface area (Å²) in [7, 11) is 0. The van der Waals surface area contributed by atoms with Crippen molar-refractivity contribution in [2.75, 3.05) is 13.2 Å². The number of benzene rings is 5. The second kappa shape index (κ2) is 16.4. The maximum atomic E-state index is 14.3. The number of fused-ring (bicyclic) bond motifs is 3. The first-order chi connectivity index (χ1) is 24.9. The van der Waals surface area contributed by atoms with Crippen LogP contribution < -0.4 is 5.43 Å². The lowest BCUT2D eigenvalue weighted by atomic mass is 9.84. The number of hydrogen-bond acceptors (Lipinski definition) is 6. The molecule has 7 heteroatoms. The highest BCUT2D eigenvalue weighted by molar-refractivity contribution is 8.02. The van der Waals surface area contributed by atoms with Gasteiger partial charge in [0.05, 0.1) is 4.75 Å². The van der Waals surface area contributed by atoms with Crippen molar-refractivity contribution < 1.29 is 19.1 Å². The molecule has 0 aliphatic heterocycles. The SMILES string of the molecule is CC(C)(SC(c1ccccc1)(c1ccccc1)c1ccccc1)[C@@H](C=O)N(NCCCCC=O)C(=O)OCC1c2ccccc2-c2ccccc21. The average Bonchev–Trinajstić information content (AvgIpc) is 3.50. The van der Waals surface area contributed by atoms with Gasteiger partial charge in [0.2, 0.25) is 0 Å². The van der Waals surface area contributed by atoms with Gasteiger partial charge in [-0.05, 0) is 65.6 Å². The second-order valence-corrected chi connectivity index (χ2v) is 15.2. The Balaban J connectivity index is 1.35. The molecule has 1 amide bonds. The number of hydrogen-bond donors (Lipinski definition) is 1. The van der Waals surface area contributed by atoms with E-state index in [9.17, 15) is 14.4 Å². The molecular formula is C44H44N2O4S. The van der Waals surface area contributed by atoms with E-state index in [2.05, 4.69) is 66.1 Å². The molecule has 1 atom stereocenters. The zero-order chi connectivity index (χ0) is 35.7. The van der Waals surface area contributed by atoms with Crippen LogP contribution in [0.15, 0.2) is 140 Å². The first-order valence-electron chi connectivity index (χ1n) is 17.5. The van der Waals surface area contributed by atoms with Crippen molar-refractivity contribution in [3.63, 3.8) is 0 Å². The van der Waals surface area contributed by atoms with Gasteiger partial charge in [0.1, 0.15) is 25.2 Å². The molecule has 1 N–H and O–H groups in total. The number of carbonyl (C=O) groups is 3. The molecule has 0 bridgehead atoms. The van der Waals surface area contributed by atoms with Crippen molar-refractivity contribution in [3.05, 3.63) is 167 Å². The smallest absolute Gasteiger partial charge is 0.425 e. The molecule has 0 saturated carbocycles. The monoisotopic (exact) mass is 696 g/mol. The van der Waals surface area contributed by atoms with Gasteiger partial charge in [0.25, 0.3) is 0 Å². The van der Waals surface area contributed by atoms with E-state index in [1.54, 1.807) is 11.8 Å². The van der Waals surface area contributed by atoms with E-state index in [0.717, 1.165) is 51.5 Å². The molecule has 6 nitrogen and oxygen atoms in total. The Morgan fingerprint density at radius 3 is 1.67 bits per heavy atom. The molecule has 0 aromatic heterocycles. The lowest BCUT2D eigenvalue weighted by Gasteiger charge is -2.45. The van der Waals surface area contributed by atoms with Gasteiger partial charge in [-0.1, -0.05) is 140 Å². The summed E-state index contributed by atoms with van der Waals surface area (Å²) < 4.78 is 4.55. The predicted molar refractivity (Wildman–Crippen MR) is 206 cm³/mol. The molecule has 5 aromatic rings. The van der Waals surface area contributed by atoms with E-state index < -0.39 is 21.6 Å². The molecule has 0 heterocycles. The lowest BCUT2D eigenvalue weighted by Crippen LogP contribution is -2.58. The van der Waals surface area contributed by atoms with Gasteiger partial charge in [-0.15, -0.1) is 11.8 Å². The molecule has 1 aliphatic carbocycles. The molecular weight excluding hydrogens is 653 g/mol. The third-order valence-electron chi connectivity index (χ3n) is 9.64. The first kappa shape index (κ1) is 35.8. The van der Waals surface area contributed by atoms with Crippen LogP contribution in [0.3, 0.4) is 0 Å². The fraction of sp³-hybridized carbons (Fsp3) is 0.250. The van der Waals surface area contributed by atoms with E-state index in [1.807, 2.05) is 92.7 Å². The summed E-state index contributed by atoms with van der Waals surface area (Å²) in [6.45, 7) is 4.54. The van der Waals surface area contributed by atoms with Gasteiger partial charge in [-0.2, -0.15) is 0 Å². The van der Waals surface area contributed by atoms with Gasteiger partial charge < -0.3 is 14.3 Å². The highest BCUT2D eigenvalue weighted by Gasteiger charge is 2.48. The van der Waals surface area contributed by atoms with E-state index in [1.165, 1.54) is 5.01 Å². The highest BCUT2D eigenvalue weighted by Crippen LogP contribution is 2.54. The molecule has 0 spiro atoms. The van der Waals surface area contributed by atoms with Crippen LogP contribution in [0.2, 0.25) is 0 Å². The highest BCUT2D eigenvalue weighted by atomic mass is 32.2. The van der Waals surface area contributed by atoms with Crippen LogP contribution in [0.5, 0.6) is 0 Å². The van der Waals surface area contributed by atoms with Crippen molar-refractivity contribution >= 4 is 30.4 Å². The molecule has 5 aromatic carbocycles. The Labute approximate surface area is 305 Å². The lowest BCUT2D eigenvalue weighted by molar-refractivity contribution is -0.114. The van der Waals surface area contributed by atoms with Gasteiger partial charge >= 0.3 is 6.09 Å². The summed E-state index contributed by atoms with van der Waals surface area (Å²) in [5.41, 5.74) is 10.9. The van der Waals surface area contributed by atoms with E-state index >= 15 is 0 Å². The van der Waals surface area contributed by atoms with Crippen LogP contribution in [0.4, 0.5) is 4.79 Å². The topological polar surface area (TPSA) is 75.7 Å². The molecule has 0 unspecified atom stereocenters. The molecule has 0 fully saturated rings. The first-order valence-corrected chi connectivity index (χ1v) is 18.4. The minimum atomic E-state index is -0.931. The van der Waals surface area contributed by atoms with Crippen LogP contribution in [0.25, 0.3) is 11.1 Å². The average molecular weight is 697 g/mol. The Bertz CT molecular complexity index is 1770. The van der Waals surface area contributed by atoms with Crippen molar-refractivity contribution in [1.29, 1.82) is 0 Å². The van der Waals surface area contributed by atoms with Gasteiger partial charge in [0, 0.05) is 23.6 Å². The minimum Gasteiger partial charge on any atom is -0.447 e. The van der Waals surface area contributed by atoms with Crippen molar-refractivity contribution in [2.45, 2.75) is 54.6 Å². The Morgan fingerprint density at radius 1 is 0.725 bits per heavy atom. The maximum absolute atomic E-state index is 14.3. The number of aldehydes is 2. The summed E-state index contributed by atoms with van der Waals surface area (Å²) in [6.07, 6.45) is 2.86. The van der Waals surface area contributed by atoms with E-state index in [4.69, 9.17) is 4.74 Å². The number of unbranched alkanes of at least 4 members (excludes halogenated alkanes) is 2. The fourth-order valence-corrected chi connectivity index (χ4v) is 9.01. The third kappa shape index (κ3) is 7.55. The van der Waals surface area contributed by atoms with Crippen molar-refractivity contribution in [3.8, 4) is 11.1 Å². The number of nitrogens with one attached hydrogen (secondary N) is 1. The van der Waals surface area contributed by atoms with Crippen LogP contribution >= 0.6 is 11.8 Å². The predicted octanol–water partition coefficient (Wildman–Crippen LogP) is 9.18. The molecule has 260 valence electrons. The molecule has 6 rings (SSSR count). The van der Waals surface area contributed by atoms with Gasteiger partial charge in [-0.3, -0.25) is 0 Å². The van der Waals surface area contributed by atoms with Crippen LogP contribution in [0, 0.1) is 0 Å². The standard InChI is InChI=1S/C44H44N2O4S/c1-43(2,51-44(33-19-7-3-8-20-33,34-21-9-4-10-22-34)35-23-11-5-12-24-35)41(31-48)46(45-29-17-6-18-30-47)42(49)50-32-40-38-27-15-13-25-36(38)37-26-14-16-28-39(37)40/h3-5,7-16,19-28,30-31,40-41,45H,6,17-18,29,32H2,1-2H3/t41-/m1/s1. The third-order valence-corrected chi connectivity index (χ3v) is 11.4. The molecule has 1 aliphatic rings. The molecule has 51 heavy (non-hydrogen) atoms. The number of carbonyl (C=O) groups excluding carboxylic acids is 3.